The lowest BCUT2D eigenvalue weighted by molar-refractivity contribution is -0.133. The van der Waals surface area contributed by atoms with Crippen LogP contribution in [0.15, 0.2) is 78.9 Å². The molecular weight excluding hydrogens is 484 g/mol. The first-order valence-corrected chi connectivity index (χ1v) is 13.1. The van der Waals surface area contributed by atoms with E-state index in [9.17, 15) is 19.5 Å². The van der Waals surface area contributed by atoms with Gasteiger partial charge in [0.05, 0.1) is 17.4 Å². The highest BCUT2D eigenvalue weighted by molar-refractivity contribution is 7.81. The van der Waals surface area contributed by atoms with Gasteiger partial charge in [0.2, 0.25) is 11.8 Å². The Morgan fingerprint density at radius 1 is 0.892 bits per heavy atom. The topological polar surface area (TPSA) is 86.7 Å². The van der Waals surface area contributed by atoms with Crippen molar-refractivity contribution in [3.05, 3.63) is 95.6 Å². The van der Waals surface area contributed by atoms with Crippen LogP contribution in [0, 0.1) is 0 Å². The molecule has 3 aromatic carbocycles. The van der Waals surface area contributed by atoms with Gasteiger partial charge in [0.1, 0.15) is 0 Å². The molecule has 37 heavy (non-hydrogen) atoms. The number of aromatic carboxylic acids is 1. The maximum absolute atomic E-state index is 13.1. The molecule has 3 aromatic rings. The van der Waals surface area contributed by atoms with Crippen LogP contribution in [0.25, 0.3) is 11.1 Å². The molecule has 2 N–H and O–H groups in total. The number of hydrogen-bond donors (Lipinski definition) is 3. The molecule has 2 amide bonds. The van der Waals surface area contributed by atoms with Gasteiger partial charge in [-0.1, -0.05) is 92.6 Å². The fourth-order valence-corrected chi connectivity index (χ4v) is 4.40. The van der Waals surface area contributed by atoms with E-state index in [-0.39, 0.29) is 23.9 Å². The first-order chi connectivity index (χ1) is 17.9. The van der Waals surface area contributed by atoms with Crippen LogP contribution < -0.4 is 5.32 Å². The van der Waals surface area contributed by atoms with E-state index in [1.807, 2.05) is 60.7 Å². The number of hydrogen-bond acceptors (Lipinski definition) is 4. The van der Waals surface area contributed by atoms with E-state index in [4.69, 9.17) is 0 Å². The molecule has 0 aliphatic carbocycles. The SMILES string of the molecule is CCCCCN(Cc1ccc(-c2ccccc2C(=O)O)cc1)C(=O)CNC(=O)[C@@H](S)Cc1ccccc1. The van der Waals surface area contributed by atoms with Gasteiger partial charge in [-0.3, -0.25) is 9.59 Å². The molecule has 0 saturated carbocycles. The highest BCUT2D eigenvalue weighted by atomic mass is 32.1. The summed E-state index contributed by atoms with van der Waals surface area (Å²) in [6, 6.07) is 24.1. The molecule has 0 aliphatic heterocycles. The van der Waals surface area contributed by atoms with Crippen molar-refractivity contribution in [3.63, 3.8) is 0 Å². The third kappa shape index (κ3) is 8.50. The van der Waals surface area contributed by atoms with Crippen molar-refractivity contribution >= 4 is 30.4 Å². The van der Waals surface area contributed by atoms with Crippen LogP contribution in [0.5, 0.6) is 0 Å². The molecule has 0 spiro atoms. The summed E-state index contributed by atoms with van der Waals surface area (Å²) in [4.78, 5) is 38.9. The molecule has 0 bridgehead atoms. The van der Waals surface area contributed by atoms with Crippen molar-refractivity contribution in [2.45, 2.75) is 44.4 Å². The summed E-state index contributed by atoms with van der Waals surface area (Å²) in [7, 11) is 0. The van der Waals surface area contributed by atoms with Gasteiger partial charge < -0.3 is 15.3 Å². The Morgan fingerprint density at radius 2 is 1.57 bits per heavy atom. The minimum Gasteiger partial charge on any atom is -0.478 e. The Kier molecular flexibility index (Phi) is 10.8. The maximum atomic E-state index is 13.1. The predicted molar refractivity (Wildman–Crippen MR) is 150 cm³/mol. The van der Waals surface area contributed by atoms with Crippen molar-refractivity contribution in [3.8, 4) is 11.1 Å². The number of carboxylic acids is 1. The minimum atomic E-state index is -0.971. The molecular formula is C30H34N2O4S. The van der Waals surface area contributed by atoms with Crippen molar-refractivity contribution in [1.29, 1.82) is 0 Å². The Balaban J connectivity index is 1.63. The lowest BCUT2D eigenvalue weighted by atomic mass is 9.98. The highest BCUT2D eigenvalue weighted by Gasteiger charge is 2.19. The summed E-state index contributed by atoms with van der Waals surface area (Å²) < 4.78 is 0. The highest BCUT2D eigenvalue weighted by Crippen LogP contribution is 2.24. The Hall–Kier alpha value is -3.58. The normalized spacial score (nSPS) is 11.5. The van der Waals surface area contributed by atoms with Gasteiger partial charge in [-0.15, -0.1) is 0 Å². The first kappa shape index (κ1) is 28.0. The minimum absolute atomic E-state index is 0.0825. The van der Waals surface area contributed by atoms with E-state index in [0.29, 0.717) is 25.1 Å². The molecule has 0 fully saturated rings. The van der Waals surface area contributed by atoms with Crippen LogP contribution in [0.1, 0.15) is 47.7 Å². The number of carboxylic acid groups (broad SMARTS) is 1. The zero-order valence-corrected chi connectivity index (χ0v) is 22.0. The second kappa shape index (κ2) is 14.2. The Bertz CT molecular complexity index is 1180. The molecule has 7 heteroatoms. The third-order valence-corrected chi connectivity index (χ3v) is 6.59. The summed E-state index contributed by atoms with van der Waals surface area (Å²) in [6.07, 6.45) is 3.42. The summed E-state index contributed by atoms with van der Waals surface area (Å²) in [5.74, 6) is -1.39. The van der Waals surface area contributed by atoms with Crippen molar-refractivity contribution < 1.29 is 19.5 Å². The predicted octanol–water partition coefficient (Wildman–Crippen LogP) is 5.23. The quantitative estimate of drug-likeness (QED) is 0.214. The van der Waals surface area contributed by atoms with Crippen LogP contribution in [-0.4, -0.2) is 46.1 Å². The van der Waals surface area contributed by atoms with Gasteiger partial charge in [0, 0.05) is 13.1 Å². The second-order valence-corrected chi connectivity index (χ2v) is 9.62. The van der Waals surface area contributed by atoms with Crippen LogP contribution in [0.2, 0.25) is 0 Å². The summed E-state index contributed by atoms with van der Waals surface area (Å²) >= 11 is 4.43. The van der Waals surface area contributed by atoms with Crippen LogP contribution in [-0.2, 0) is 22.6 Å². The van der Waals surface area contributed by atoms with E-state index >= 15 is 0 Å². The third-order valence-electron chi connectivity index (χ3n) is 6.17. The standard InChI is InChI=1S/C30H34N2O4S/c1-2-3-9-18-32(28(33)20-31-29(34)27(37)19-22-10-5-4-6-11-22)21-23-14-16-24(17-15-23)25-12-7-8-13-26(25)30(35)36/h4-8,10-17,27,37H,2-3,9,18-21H2,1H3,(H,31,34)(H,35,36)/t27-/m0/s1. The van der Waals surface area contributed by atoms with E-state index in [1.54, 1.807) is 23.1 Å². The van der Waals surface area contributed by atoms with Crippen LogP contribution in [0.3, 0.4) is 0 Å². The number of amides is 2. The van der Waals surface area contributed by atoms with Gasteiger partial charge in [0.25, 0.3) is 0 Å². The number of thiol groups is 1. The summed E-state index contributed by atoms with van der Waals surface area (Å²) in [5, 5.41) is 11.7. The Labute approximate surface area is 224 Å². The van der Waals surface area contributed by atoms with Gasteiger partial charge in [0.15, 0.2) is 0 Å². The zero-order chi connectivity index (χ0) is 26.6. The average molecular weight is 519 g/mol. The molecule has 0 aromatic heterocycles. The van der Waals surface area contributed by atoms with Crippen LogP contribution in [0.4, 0.5) is 0 Å². The fourth-order valence-electron chi connectivity index (χ4n) is 4.10. The molecule has 3 rings (SSSR count). The molecule has 1 atom stereocenters. The lowest BCUT2D eigenvalue weighted by Crippen LogP contribution is -2.42. The molecule has 0 aliphatic rings. The van der Waals surface area contributed by atoms with E-state index in [0.717, 1.165) is 36.0 Å². The maximum Gasteiger partial charge on any atom is 0.336 e. The van der Waals surface area contributed by atoms with E-state index in [1.165, 1.54) is 0 Å². The molecule has 0 unspecified atom stereocenters. The second-order valence-electron chi connectivity index (χ2n) is 8.99. The molecule has 0 heterocycles. The van der Waals surface area contributed by atoms with E-state index in [2.05, 4.69) is 24.9 Å². The molecule has 0 saturated heterocycles. The summed E-state index contributed by atoms with van der Waals surface area (Å²) in [6.45, 7) is 3.04. The monoisotopic (exact) mass is 518 g/mol. The van der Waals surface area contributed by atoms with Crippen molar-refractivity contribution in [2.75, 3.05) is 13.1 Å². The molecule has 194 valence electrons. The zero-order valence-electron chi connectivity index (χ0n) is 21.1. The van der Waals surface area contributed by atoms with E-state index < -0.39 is 11.2 Å². The average Bonchev–Trinajstić information content (AvgIpc) is 2.92. The van der Waals surface area contributed by atoms with Crippen molar-refractivity contribution in [2.24, 2.45) is 0 Å². The number of benzene rings is 3. The summed E-state index contributed by atoms with van der Waals surface area (Å²) in [5.41, 5.74) is 3.65. The number of unbranched alkanes of at least 4 members (excludes halogenated alkanes) is 2. The van der Waals surface area contributed by atoms with Gasteiger partial charge in [-0.25, -0.2) is 4.79 Å². The van der Waals surface area contributed by atoms with Gasteiger partial charge in [-0.2, -0.15) is 12.6 Å². The smallest absolute Gasteiger partial charge is 0.336 e. The largest absolute Gasteiger partial charge is 0.478 e. The number of carbonyl (C=O) groups is 3. The lowest BCUT2D eigenvalue weighted by Gasteiger charge is -2.24. The number of rotatable bonds is 13. The fraction of sp³-hybridized carbons (Fsp3) is 0.300. The molecule has 0 radical (unpaired) electrons. The number of nitrogens with zero attached hydrogens (tertiary/aromatic N) is 1. The molecule has 6 nitrogen and oxygen atoms in total. The van der Waals surface area contributed by atoms with Crippen molar-refractivity contribution in [1.82, 2.24) is 10.2 Å². The number of carbonyl (C=O) groups excluding carboxylic acids is 2. The number of nitrogens with one attached hydrogen (secondary N) is 1. The first-order valence-electron chi connectivity index (χ1n) is 12.6. The van der Waals surface area contributed by atoms with Gasteiger partial charge in [-0.05, 0) is 41.2 Å². The Morgan fingerprint density at radius 3 is 2.24 bits per heavy atom. The van der Waals surface area contributed by atoms with Gasteiger partial charge >= 0.3 is 5.97 Å². The van der Waals surface area contributed by atoms with Crippen LogP contribution >= 0.6 is 12.6 Å².